The number of anilines is 2. The van der Waals surface area contributed by atoms with Gasteiger partial charge in [-0.3, -0.25) is 9.36 Å². The van der Waals surface area contributed by atoms with Gasteiger partial charge in [0.1, 0.15) is 5.82 Å². The molecule has 0 saturated carbocycles. The minimum atomic E-state index is -0.172. The highest BCUT2D eigenvalue weighted by Crippen LogP contribution is 2.19. The van der Waals surface area contributed by atoms with E-state index in [1.165, 1.54) is 17.0 Å². The number of aromatic nitrogens is 4. The van der Waals surface area contributed by atoms with E-state index in [0.717, 1.165) is 11.8 Å². The summed E-state index contributed by atoms with van der Waals surface area (Å²) in [5, 5.41) is 4.67. The molecule has 0 aliphatic rings. The second-order valence-corrected chi connectivity index (χ2v) is 5.37. The summed E-state index contributed by atoms with van der Waals surface area (Å²) in [5.41, 5.74) is 5.89. The third-order valence-electron chi connectivity index (χ3n) is 3.75. The molecule has 118 valence electrons. The molecule has 1 atom stereocenters. The maximum Gasteiger partial charge on any atom is 0.266 e. The molecule has 3 rings (SSSR count). The van der Waals surface area contributed by atoms with Crippen LogP contribution in [0.2, 0.25) is 0 Å². The van der Waals surface area contributed by atoms with Gasteiger partial charge in [-0.1, -0.05) is 6.92 Å². The molecule has 3 aromatic heterocycles. The summed E-state index contributed by atoms with van der Waals surface area (Å²) in [6.07, 6.45) is 7.38. The van der Waals surface area contributed by atoms with Crippen molar-refractivity contribution in [1.29, 1.82) is 0 Å². The smallest absolute Gasteiger partial charge is 0.266 e. The van der Waals surface area contributed by atoms with Gasteiger partial charge in [-0.25, -0.2) is 15.0 Å². The van der Waals surface area contributed by atoms with Crippen LogP contribution in [-0.2, 0) is 0 Å². The van der Waals surface area contributed by atoms with E-state index in [2.05, 4.69) is 34.1 Å². The third kappa shape index (κ3) is 2.85. The van der Waals surface area contributed by atoms with Gasteiger partial charge in [0, 0.05) is 18.4 Å². The van der Waals surface area contributed by atoms with Crippen molar-refractivity contribution in [3.63, 3.8) is 0 Å². The van der Waals surface area contributed by atoms with Crippen molar-refractivity contribution in [2.45, 2.75) is 26.3 Å². The number of nitrogen functional groups attached to an aromatic ring is 1. The first-order valence-corrected chi connectivity index (χ1v) is 7.45. The molecule has 0 bridgehead atoms. The number of hydrogen-bond acceptors (Lipinski definition) is 6. The van der Waals surface area contributed by atoms with E-state index in [0.29, 0.717) is 16.9 Å². The van der Waals surface area contributed by atoms with Gasteiger partial charge in [-0.05, 0) is 30.9 Å². The van der Waals surface area contributed by atoms with Gasteiger partial charge < -0.3 is 11.1 Å². The van der Waals surface area contributed by atoms with E-state index in [4.69, 9.17) is 5.73 Å². The zero-order valence-electron chi connectivity index (χ0n) is 13.0. The van der Waals surface area contributed by atoms with E-state index in [1.807, 2.05) is 12.1 Å². The van der Waals surface area contributed by atoms with Crippen molar-refractivity contribution in [2.75, 3.05) is 11.1 Å². The minimum absolute atomic E-state index is 0.170. The Morgan fingerprint density at radius 2 is 2.00 bits per heavy atom. The van der Waals surface area contributed by atoms with Crippen LogP contribution in [0.5, 0.6) is 0 Å². The van der Waals surface area contributed by atoms with Crippen LogP contribution in [-0.4, -0.2) is 25.6 Å². The van der Waals surface area contributed by atoms with E-state index in [9.17, 15) is 4.79 Å². The lowest BCUT2D eigenvalue weighted by Crippen LogP contribution is -2.22. The summed E-state index contributed by atoms with van der Waals surface area (Å²) in [4.78, 5) is 25.1. The lowest BCUT2D eigenvalue weighted by atomic mass is 10.2. The molecule has 23 heavy (non-hydrogen) atoms. The standard InChI is InChI=1S/C16H18N6O/c1-3-10(2)21-14-13-11(4-6-18-14)5-7-22(15(13)23)12-8-19-16(17)20-9-12/h4-10H,3H2,1-2H3,(H,18,21)(H2,17,19,20)/t10-/m0/s1. The molecule has 7 heteroatoms. The molecule has 0 aromatic carbocycles. The van der Waals surface area contributed by atoms with Gasteiger partial charge in [0.2, 0.25) is 5.95 Å². The monoisotopic (exact) mass is 310 g/mol. The molecular formula is C16H18N6O. The van der Waals surface area contributed by atoms with Gasteiger partial charge in [-0.2, -0.15) is 0 Å². The van der Waals surface area contributed by atoms with Crippen LogP contribution in [0.4, 0.5) is 11.8 Å². The summed E-state index contributed by atoms with van der Waals surface area (Å²) >= 11 is 0. The normalized spacial score (nSPS) is 12.3. The predicted octanol–water partition coefficient (Wildman–Crippen LogP) is 1.97. The van der Waals surface area contributed by atoms with E-state index < -0.39 is 0 Å². The maximum absolute atomic E-state index is 12.9. The topological polar surface area (TPSA) is 98.7 Å². The molecule has 3 aromatic rings. The number of fused-ring (bicyclic) bond motifs is 1. The fourth-order valence-electron chi connectivity index (χ4n) is 2.29. The number of nitrogens with zero attached hydrogens (tertiary/aromatic N) is 4. The van der Waals surface area contributed by atoms with Gasteiger partial charge in [0.25, 0.3) is 5.56 Å². The van der Waals surface area contributed by atoms with Crippen molar-refractivity contribution >= 4 is 22.5 Å². The molecule has 0 unspecified atom stereocenters. The average molecular weight is 310 g/mol. The SMILES string of the molecule is CC[C@H](C)Nc1nccc2ccn(-c3cnc(N)nc3)c(=O)c12. The van der Waals surface area contributed by atoms with Crippen molar-refractivity contribution in [3.8, 4) is 5.69 Å². The van der Waals surface area contributed by atoms with Crippen LogP contribution in [0.25, 0.3) is 16.5 Å². The number of rotatable bonds is 4. The summed E-state index contributed by atoms with van der Waals surface area (Å²) in [7, 11) is 0. The Morgan fingerprint density at radius 3 is 2.70 bits per heavy atom. The molecular weight excluding hydrogens is 292 g/mol. The molecule has 3 N–H and O–H groups in total. The van der Waals surface area contributed by atoms with Crippen LogP contribution in [0, 0.1) is 0 Å². The Hall–Kier alpha value is -2.96. The number of nitrogens with one attached hydrogen (secondary N) is 1. The van der Waals surface area contributed by atoms with Crippen LogP contribution in [0.1, 0.15) is 20.3 Å². The average Bonchev–Trinajstić information content (AvgIpc) is 2.56. The summed E-state index contributed by atoms with van der Waals surface area (Å²) in [5.74, 6) is 0.760. The maximum atomic E-state index is 12.9. The van der Waals surface area contributed by atoms with E-state index in [1.54, 1.807) is 12.4 Å². The number of hydrogen-bond donors (Lipinski definition) is 2. The van der Waals surface area contributed by atoms with Crippen LogP contribution < -0.4 is 16.6 Å². The molecule has 0 amide bonds. The quantitative estimate of drug-likeness (QED) is 0.764. The second-order valence-electron chi connectivity index (χ2n) is 5.37. The Bertz CT molecular complexity index is 887. The molecule has 7 nitrogen and oxygen atoms in total. The second kappa shape index (κ2) is 6.04. The van der Waals surface area contributed by atoms with Crippen LogP contribution >= 0.6 is 0 Å². The first-order chi connectivity index (χ1) is 11.1. The fraction of sp³-hybridized carbons (Fsp3) is 0.250. The van der Waals surface area contributed by atoms with Gasteiger partial charge in [-0.15, -0.1) is 0 Å². The molecule has 0 spiro atoms. The third-order valence-corrected chi connectivity index (χ3v) is 3.75. The van der Waals surface area contributed by atoms with Crippen molar-refractivity contribution < 1.29 is 0 Å². The van der Waals surface area contributed by atoms with Crippen LogP contribution in [0.15, 0.2) is 41.7 Å². The van der Waals surface area contributed by atoms with Gasteiger partial charge in [0.05, 0.1) is 23.5 Å². The Labute approximate surface area is 133 Å². The zero-order chi connectivity index (χ0) is 16.4. The highest BCUT2D eigenvalue weighted by atomic mass is 16.1. The molecule has 0 aliphatic carbocycles. The first-order valence-electron chi connectivity index (χ1n) is 7.45. The lowest BCUT2D eigenvalue weighted by Gasteiger charge is -2.14. The van der Waals surface area contributed by atoms with E-state index >= 15 is 0 Å². The van der Waals surface area contributed by atoms with E-state index in [-0.39, 0.29) is 17.5 Å². The van der Waals surface area contributed by atoms with Gasteiger partial charge in [0.15, 0.2) is 0 Å². The van der Waals surface area contributed by atoms with Crippen LogP contribution in [0.3, 0.4) is 0 Å². The molecule has 0 fully saturated rings. The molecule has 0 saturated heterocycles. The Kier molecular flexibility index (Phi) is 3.92. The molecule has 0 radical (unpaired) electrons. The molecule has 0 aliphatic heterocycles. The summed E-state index contributed by atoms with van der Waals surface area (Å²) in [6, 6.07) is 3.92. The number of pyridine rings is 2. The minimum Gasteiger partial charge on any atom is -0.368 e. The highest BCUT2D eigenvalue weighted by molar-refractivity contribution is 5.91. The van der Waals surface area contributed by atoms with Crippen molar-refractivity contribution in [1.82, 2.24) is 19.5 Å². The summed E-state index contributed by atoms with van der Waals surface area (Å²) in [6.45, 7) is 4.13. The Balaban J connectivity index is 2.19. The fourth-order valence-corrected chi connectivity index (χ4v) is 2.29. The number of nitrogens with two attached hydrogens (primary N) is 1. The highest BCUT2D eigenvalue weighted by Gasteiger charge is 2.12. The molecule has 3 heterocycles. The first kappa shape index (κ1) is 15.0. The van der Waals surface area contributed by atoms with Gasteiger partial charge >= 0.3 is 0 Å². The largest absolute Gasteiger partial charge is 0.368 e. The lowest BCUT2D eigenvalue weighted by molar-refractivity contribution is 0.760. The predicted molar refractivity (Wildman–Crippen MR) is 90.7 cm³/mol. The van der Waals surface area contributed by atoms with Crippen molar-refractivity contribution in [3.05, 3.63) is 47.3 Å². The zero-order valence-corrected chi connectivity index (χ0v) is 13.0. The van der Waals surface area contributed by atoms with Crippen molar-refractivity contribution in [2.24, 2.45) is 0 Å². The summed E-state index contributed by atoms with van der Waals surface area (Å²) < 4.78 is 1.49. The Morgan fingerprint density at radius 1 is 1.26 bits per heavy atom.